The molecule has 0 saturated carbocycles. The van der Waals surface area contributed by atoms with Crippen molar-refractivity contribution in [3.05, 3.63) is 84.3 Å². The minimum Gasteiger partial charge on any atom is -0.343 e. The molecular weight excluding hydrogens is 363 g/mol. The van der Waals surface area contributed by atoms with E-state index in [1.54, 1.807) is 18.2 Å². The van der Waals surface area contributed by atoms with Gasteiger partial charge in [0.25, 0.3) is 0 Å². The summed E-state index contributed by atoms with van der Waals surface area (Å²) in [6, 6.07) is 15.2. The number of amides is 1. The van der Waals surface area contributed by atoms with Gasteiger partial charge in [0, 0.05) is 43.2 Å². The Hall–Kier alpha value is -2.88. The first-order valence-corrected chi connectivity index (χ1v) is 10.4. The zero-order valence-electron chi connectivity index (χ0n) is 16.7. The molecule has 3 aromatic rings. The summed E-state index contributed by atoms with van der Waals surface area (Å²) in [5.41, 5.74) is 3.48. The number of aromatic nitrogens is 1. The molecule has 150 valence electrons. The highest BCUT2D eigenvalue weighted by molar-refractivity contribution is 5.84. The van der Waals surface area contributed by atoms with Crippen LogP contribution in [0.25, 0.3) is 10.9 Å². The second-order valence-electron chi connectivity index (χ2n) is 7.84. The van der Waals surface area contributed by atoms with Crippen molar-refractivity contribution in [2.45, 2.75) is 38.1 Å². The van der Waals surface area contributed by atoms with Gasteiger partial charge in [0.15, 0.2) is 0 Å². The first-order valence-electron chi connectivity index (χ1n) is 10.4. The summed E-state index contributed by atoms with van der Waals surface area (Å²) in [5, 5.41) is 1.26. The average Bonchev–Trinajstić information content (AvgIpc) is 3.11. The standard InChI is InChI=1S/C25H27FN2O/c1-2-3-11-25(29)27-14-12-20(13-15-27)23-18-28(24-10-5-4-9-22(23)24)17-19-7-6-8-21(26)16-19/h2,4-10,16,18,20H,1,3,11-15,17H2. The van der Waals surface area contributed by atoms with Gasteiger partial charge >= 0.3 is 0 Å². The van der Waals surface area contributed by atoms with Crippen molar-refractivity contribution in [1.29, 1.82) is 0 Å². The van der Waals surface area contributed by atoms with Gasteiger partial charge in [-0.25, -0.2) is 4.39 Å². The number of benzene rings is 2. The molecule has 29 heavy (non-hydrogen) atoms. The summed E-state index contributed by atoms with van der Waals surface area (Å²) in [7, 11) is 0. The Morgan fingerprint density at radius 3 is 2.69 bits per heavy atom. The molecule has 1 aromatic heterocycles. The number of para-hydroxylation sites is 1. The van der Waals surface area contributed by atoms with Gasteiger partial charge in [0.2, 0.25) is 5.91 Å². The maximum Gasteiger partial charge on any atom is 0.222 e. The summed E-state index contributed by atoms with van der Waals surface area (Å²) in [6.07, 6.45) is 7.29. The van der Waals surface area contributed by atoms with Crippen LogP contribution in [-0.4, -0.2) is 28.5 Å². The number of hydrogen-bond acceptors (Lipinski definition) is 1. The van der Waals surface area contributed by atoms with Crippen molar-refractivity contribution in [3.8, 4) is 0 Å². The second kappa shape index (κ2) is 8.64. The van der Waals surface area contributed by atoms with Crippen LogP contribution in [0.1, 0.15) is 42.7 Å². The van der Waals surface area contributed by atoms with Gasteiger partial charge in [0.1, 0.15) is 5.82 Å². The van der Waals surface area contributed by atoms with E-state index in [2.05, 4.69) is 41.6 Å². The normalized spacial score (nSPS) is 15.0. The fourth-order valence-corrected chi connectivity index (χ4v) is 4.39. The zero-order chi connectivity index (χ0) is 20.2. The predicted molar refractivity (Wildman–Crippen MR) is 115 cm³/mol. The first-order chi connectivity index (χ1) is 14.2. The van der Waals surface area contributed by atoms with Crippen LogP contribution in [0.3, 0.4) is 0 Å². The van der Waals surface area contributed by atoms with Crippen molar-refractivity contribution >= 4 is 16.8 Å². The molecule has 1 amide bonds. The molecule has 0 spiro atoms. The molecule has 1 saturated heterocycles. The molecule has 2 aromatic carbocycles. The molecule has 1 fully saturated rings. The number of rotatable bonds is 6. The topological polar surface area (TPSA) is 25.2 Å². The predicted octanol–water partition coefficient (Wildman–Crippen LogP) is 5.50. The molecule has 2 heterocycles. The quantitative estimate of drug-likeness (QED) is 0.510. The van der Waals surface area contributed by atoms with Gasteiger partial charge < -0.3 is 9.47 Å². The highest BCUT2D eigenvalue weighted by atomic mass is 19.1. The van der Waals surface area contributed by atoms with Crippen molar-refractivity contribution in [2.75, 3.05) is 13.1 Å². The largest absolute Gasteiger partial charge is 0.343 e. The monoisotopic (exact) mass is 390 g/mol. The number of likely N-dealkylation sites (tertiary alicyclic amines) is 1. The van der Waals surface area contributed by atoms with Crippen LogP contribution >= 0.6 is 0 Å². The Kier molecular flexibility index (Phi) is 5.79. The van der Waals surface area contributed by atoms with Gasteiger partial charge in [-0.2, -0.15) is 0 Å². The third-order valence-electron chi connectivity index (χ3n) is 5.91. The number of halogens is 1. The summed E-state index contributed by atoms with van der Waals surface area (Å²) < 4.78 is 15.8. The van der Waals surface area contributed by atoms with Crippen LogP contribution in [-0.2, 0) is 11.3 Å². The number of nitrogens with zero attached hydrogens (tertiary/aromatic N) is 2. The van der Waals surface area contributed by atoms with Crippen molar-refractivity contribution in [2.24, 2.45) is 0 Å². The van der Waals surface area contributed by atoms with E-state index in [1.807, 2.05) is 11.0 Å². The molecule has 0 radical (unpaired) electrons. The van der Waals surface area contributed by atoms with E-state index in [1.165, 1.54) is 22.5 Å². The first kappa shape index (κ1) is 19.4. The number of hydrogen-bond donors (Lipinski definition) is 0. The maximum atomic E-state index is 13.6. The Morgan fingerprint density at radius 1 is 1.14 bits per heavy atom. The molecule has 1 aliphatic rings. The van der Waals surface area contributed by atoms with Gasteiger partial charge in [-0.3, -0.25) is 4.79 Å². The van der Waals surface area contributed by atoms with E-state index in [9.17, 15) is 9.18 Å². The Balaban J connectivity index is 1.54. The molecule has 4 heteroatoms. The van der Waals surface area contributed by atoms with E-state index in [-0.39, 0.29) is 11.7 Å². The molecule has 0 aliphatic carbocycles. The number of piperidine rings is 1. The van der Waals surface area contributed by atoms with Crippen LogP contribution in [0.4, 0.5) is 4.39 Å². The number of fused-ring (bicyclic) bond motifs is 1. The number of carbonyl (C=O) groups excluding carboxylic acids is 1. The summed E-state index contributed by atoms with van der Waals surface area (Å²) in [5.74, 6) is 0.474. The van der Waals surface area contributed by atoms with E-state index < -0.39 is 0 Å². The van der Waals surface area contributed by atoms with E-state index in [0.29, 0.717) is 18.9 Å². The lowest BCUT2D eigenvalue weighted by Crippen LogP contribution is -2.37. The van der Waals surface area contributed by atoms with Crippen LogP contribution in [0, 0.1) is 5.82 Å². The number of carbonyl (C=O) groups is 1. The van der Waals surface area contributed by atoms with Crippen molar-refractivity contribution in [3.63, 3.8) is 0 Å². The van der Waals surface area contributed by atoms with Crippen molar-refractivity contribution in [1.82, 2.24) is 9.47 Å². The van der Waals surface area contributed by atoms with Gasteiger partial charge in [0.05, 0.1) is 0 Å². The third kappa shape index (κ3) is 4.26. The molecule has 1 aliphatic heterocycles. The van der Waals surface area contributed by atoms with Crippen LogP contribution < -0.4 is 0 Å². The van der Waals surface area contributed by atoms with Crippen LogP contribution in [0.15, 0.2) is 67.4 Å². The summed E-state index contributed by atoms with van der Waals surface area (Å²) >= 11 is 0. The van der Waals surface area contributed by atoms with Gasteiger partial charge in [-0.05, 0) is 54.5 Å². The number of allylic oxidation sites excluding steroid dienone is 1. The zero-order valence-corrected chi connectivity index (χ0v) is 16.7. The van der Waals surface area contributed by atoms with E-state index in [0.717, 1.165) is 37.9 Å². The molecule has 4 rings (SSSR count). The maximum absolute atomic E-state index is 13.6. The van der Waals surface area contributed by atoms with Gasteiger partial charge in [-0.15, -0.1) is 6.58 Å². The fourth-order valence-electron chi connectivity index (χ4n) is 4.39. The van der Waals surface area contributed by atoms with Crippen molar-refractivity contribution < 1.29 is 9.18 Å². The highest BCUT2D eigenvalue weighted by Crippen LogP contribution is 2.35. The van der Waals surface area contributed by atoms with Crippen LogP contribution in [0.5, 0.6) is 0 Å². The second-order valence-corrected chi connectivity index (χ2v) is 7.84. The molecule has 3 nitrogen and oxygen atoms in total. The minimum atomic E-state index is -0.201. The Labute approximate surface area is 171 Å². The minimum absolute atomic E-state index is 0.201. The highest BCUT2D eigenvalue weighted by Gasteiger charge is 2.25. The molecule has 0 bridgehead atoms. The Morgan fingerprint density at radius 2 is 1.93 bits per heavy atom. The third-order valence-corrected chi connectivity index (χ3v) is 5.91. The lowest BCUT2D eigenvalue weighted by molar-refractivity contribution is -0.132. The molecule has 0 N–H and O–H groups in total. The fraction of sp³-hybridized carbons (Fsp3) is 0.320. The SMILES string of the molecule is C=CCCC(=O)N1CCC(c2cn(Cc3cccc(F)c3)c3ccccc23)CC1. The average molecular weight is 391 g/mol. The molecular formula is C25H27FN2O. The van der Waals surface area contributed by atoms with Crippen LogP contribution in [0.2, 0.25) is 0 Å². The molecule has 0 atom stereocenters. The van der Waals surface area contributed by atoms with E-state index in [4.69, 9.17) is 0 Å². The lowest BCUT2D eigenvalue weighted by atomic mass is 9.89. The lowest BCUT2D eigenvalue weighted by Gasteiger charge is -2.32. The molecule has 0 unspecified atom stereocenters. The summed E-state index contributed by atoms with van der Waals surface area (Å²) in [6.45, 7) is 5.97. The Bertz CT molecular complexity index is 1010. The van der Waals surface area contributed by atoms with E-state index >= 15 is 0 Å². The summed E-state index contributed by atoms with van der Waals surface area (Å²) in [4.78, 5) is 14.3. The smallest absolute Gasteiger partial charge is 0.222 e. The van der Waals surface area contributed by atoms with Gasteiger partial charge in [-0.1, -0.05) is 36.4 Å².